The van der Waals surface area contributed by atoms with Gasteiger partial charge in [0.25, 0.3) is 0 Å². The first kappa shape index (κ1) is 10.5. The monoisotopic (exact) mass is 232 g/mol. The van der Waals surface area contributed by atoms with Crippen molar-refractivity contribution in [1.82, 2.24) is 19.1 Å². The third kappa shape index (κ3) is 1.57. The predicted molar refractivity (Wildman–Crippen MR) is 64.9 cm³/mol. The first-order chi connectivity index (χ1) is 8.29. The number of fused-ring (bicyclic) bond motifs is 1. The smallest absolute Gasteiger partial charge is 0.278 e. The second kappa shape index (κ2) is 3.98. The van der Waals surface area contributed by atoms with E-state index in [-0.39, 0.29) is 5.69 Å². The second-order valence-electron chi connectivity index (χ2n) is 4.71. The topological polar surface area (TPSA) is 52.7 Å². The normalized spacial score (nSPS) is 17.7. The summed E-state index contributed by atoms with van der Waals surface area (Å²) in [7, 11) is 1.76. The van der Waals surface area contributed by atoms with Crippen LogP contribution in [0.5, 0.6) is 0 Å². The Balaban J connectivity index is 2.21. The number of imidazole rings is 1. The standard InChI is InChI=1S/C12H16N4O/c1-15-10-11(14-8-7-13-10)16(12(15)17)9-5-3-2-4-6-9/h7-9H,2-6H2,1H3. The maximum Gasteiger partial charge on any atom is 0.331 e. The van der Waals surface area contributed by atoms with Crippen LogP contribution < -0.4 is 5.69 Å². The number of hydrogen-bond acceptors (Lipinski definition) is 3. The minimum absolute atomic E-state index is 0.0121. The van der Waals surface area contributed by atoms with Gasteiger partial charge in [-0.2, -0.15) is 0 Å². The molecule has 0 spiro atoms. The van der Waals surface area contributed by atoms with Crippen molar-refractivity contribution in [2.45, 2.75) is 38.1 Å². The summed E-state index contributed by atoms with van der Waals surface area (Å²) in [6.45, 7) is 0. The summed E-state index contributed by atoms with van der Waals surface area (Å²) in [5, 5.41) is 0. The van der Waals surface area contributed by atoms with Crippen molar-refractivity contribution in [3.63, 3.8) is 0 Å². The molecule has 1 aliphatic carbocycles. The average molecular weight is 232 g/mol. The molecule has 1 aliphatic rings. The van der Waals surface area contributed by atoms with Crippen LogP contribution >= 0.6 is 0 Å². The molecule has 0 bridgehead atoms. The van der Waals surface area contributed by atoms with Gasteiger partial charge in [-0.1, -0.05) is 19.3 Å². The van der Waals surface area contributed by atoms with Gasteiger partial charge in [0.1, 0.15) is 0 Å². The van der Waals surface area contributed by atoms with Crippen LogP contribution in [0.3, 0.4) is 0 Å². The molecule has 90 valence electrons. The van der Waals surface area contributed by atoms with Crippen LogP contribution in [0.4, 0.5) is 0 Å². The summed E-state index contributed by atoms with van der Waals surface area (Å²) in [6.07, 6.45) is 9.13. The van der Waals surface area contributed by atoms with Crippen molar-refractivity contribution in [1.29, 1.82) is 0 Å². The highest BCUT2D eigenvalue weighted by atomic mass is 16.1. The molecule has 2 aromatic heterocycles. The molecule has 0 saturated heterocycles. The summed E-state index contributed by atoms with van der Waals surface area (Å²) in [5.41, 5.74) is 1.42. The predicted octanol–water partition coefficient (Wildman–Crippen LogP) is 1.64. The van der Waals surface area contributed by atoms with Gasteiger partial charge in [-0.05, 0) is 12.8 Å². The van der Waals surface area contributed by atoms with Crippen LogP contribution in [-0.4, -0.2) is 19.1 Å². The number of rotatable bonds is 1. The van der Waals surface area contributed by atoms with Crippen molar-refractivity contribution in [2.75, 3.05) is 0 Å². The molecule has 0 unspecified atom stereocenters. The Morgan fingerprint density at radius 2 is 1.76 bits per heavy atom. The fraction of sp³-hybridized carbons (Fsp3) is 0.583. The van der Waals surface area contributed by atoms with Crippen LogP contribution in [-0.2, 0) is 7.05 Å². The van der Waals surface area contributed by atoms with Crippen LogP contribution in [0.1, 0.15) is 38.1 Å². The molecule has 0 N–H and O–H groups in total. The molecule has 0 aromatic carbocycles. The maximum atomic E-state index is 12.2. The van der Waals surface area contributed by atoms with E-state index in [1.165, 1.54) is 19.3 Å². The third-order valence-corrected chi connectivity index (χ3v) is 3.64. The molecule has 17 heavy (non-hydrogen) atoms. The van der Waals surface area contributed by atoms with Gasteiger partial charge in [0.2, 0.25) is 0 Å². The lowest BCUT2D eigenvalue weighted by atomic mass is 9.95. The van der Waals surface area contributed by atoms with Gasteiger partial charge in [0, 0.05) is 25.5 Å². The van der Waals surface area contributed by atoms with Gasteiger partial charge < -0.3 is 0 Å². The van der Waals surface area contributed by atoms with Gasteiger partial charge in [0.15, 0.2) is 11.3 Å². The minimum Gasteiger partial charge on any atom is -0.278 e. The van der Waals surface area contributed by atoms with Gasteiger partial charge in [-0.25, -0.2) is 14.8 Å². The summed E-state index contributed by atoms with van der Waals surface area (Å²) in [5.74, 6) is 0. The molecule has 1 fully saturated rings. The number of aryl methyl sites for hydroxylation is 1. The molecule has 5 nitrogen and oxygen atoms in total. The third-order valence-electron chi connectivity index (χ3n) is 3.64. The van der Waals surface area contributed by atoms with E-state index < -0.39 is 0 Å². The van der Waals surface area contributed by atoms with E-state index in [2.05, 4.69) is 9.97 Å². The molecule has 0 radical (unpaired) electrons. The summed E-state index contributed by atoms with van der Waals surface area (Å²) in [6, 6.07) is 0.302. The van der Waals surface area contributed by atoms with Gasteiger partial charge in [-0.15, -0.1) is 0 Å². The molecule has 3 rings (SSSR count). The maximum absolute atomic E-state index is 12.2. The Hall–Kier alpha value is -1.65. The lowest BCUT2D eigenvalue weighted by Gasteiger charge is -2.22. The second-order valence-corrected chi connectivity index (χ2v) is 4.71. The quantitative estimate of drug-likeness (QED) is 0.751. The van der Waals surface area contributed by atoms with Gasteiger partial charge in [0.05, 0.1) is 0 Å². The first-order valence-electron chi connectivity index (χ1n) is 6.17. The number of nitrogens with zero attached hydrogens (tertiary/aromatic N) is 4. The molecular formula is C12H16N4O. The van der Waals surface area contributed by atoms with Crippen molar-refractivity contribution in [3.05, 3.63) is 22.9 Å². The largest absolute Gasteiger partial charge is 0.331 e. The van der Waals surface area contributed by atoms with Crippen LogP contribution in [0.15, 0.2) is 17.2 Å². The Kier molecular flexibility index (Phi) is 2.46. The SMILES string of the molecule is Cn1c(=O)n(C2CCCCC2)c2nccnc21. The molecule has 0 aliphatic heterocycles. The molecular weight excluding hydrogens is 216 g/mol. The van der Waals surface area contributed by atoms with E-state index in [1.807, 2.05) is 4.57 Å². The number of aromatic nitrogens is 4. The highest BCUT2D eigenvalue weighted by Gasteiger charge is 2.22. The highest BCUT2D eigenvalue weighted by Crippen LogP contribution is 2.28. The zero-order valence-corrected chi connectivity index (χ0v) is 9.96. The minimum atomic E-state index is 0.0121. The van der Waals surface area contributed by atoms with Crippen molar-refractivity contribution >= 4 is 11.3 Å². The summed E-state index contributed by atoms with van der Waals surface area (Å²) in [4.78, 5) is 20.8. The molecule has 5 heteroatoms. The lowest BCUT2D eigenvalue weighted by molar-refractivity contribution is 0.350. The zero-order valence-electron chi connectivity index (χ0n) is 9.96. The van der Waals surface area contributed by atoms with Crippen molar-refractivity contribution in [2.24, 2.45) is 7.05 Å². The van der Waals surface area contributed by atoms with E-state index in [0.717, 1.165) is 18.5 Å². The van der Waals surface area contributed by atoms with E-state index in [9.17, 15) is 4.79 Å². The highest BCUT2D eigenvalue weighted by molar-refractivity contribution is 5.65. The zero-order chi connectivity index (χ0) is 11.8. The molecule has 0 amide bonds. The first-order valence-corrected chi connectivity index (χ1v) is 6.17. The van der Waals surface area contributed by atoms with E-state index in [4.69, 9.17) is 0 Å². The van der Waals surface area contributed by atoms with Gasteiger partial charge in [-0.3, -0.25) is 9.13 Å². The van der Waals surface area contributed by atoms with Crippen LogP contribution in [0.25, 0.3) is 11.3 Å². The summed E-state index contributed by atoms with van der Waals surface area (Å²) >= 11 is 0. The van der Waals surface area contributed by atoms with Crippen molar-refractivity contribution in [3.8, 4) is 0 Å². The Morgan fingerprint density at radius 1 is 1.12 bits per heavy atom. The Bertz CT molecular complexity index is 592. The van der Waals surface area contributed by atoms with Crippen LogP contribution in [0, 0.1) is 0 Å². The molecule has 2 heterocycles. The van der Waals surface area contributed by atoms with Gasteiger partial charge >= 0.3 is 5.69 Å². The fourth-order valence-corrected chi connectivity index (χ4v) is 2.74. The van der Waals surface area contributed by atoms with E-state index in [1.54, 1.807) is 24.0 Å². The Labute approximate surface area is 99.1 Å². The van der Waals surface area contributed by atoms with E-state index >= 15 is 0 Å². The molecule has 2 aromatic rings. The molecule has 0 atom stereocenters. The van der Waals surface area contributed by atoms with E-state index in [0.29, 0.717) is 11.7 Å². The fourth-order valence-electron chi connectivity index (χ4n) is 2.74. The summed E-state index contributed by atoms with van der Waals surface area (Å²) < 4.78 is 3.43. The molecule has 1 saturated carbocycles. The van der Waals surface area contributed by atoms with Crippen LogP contribution in [0.2, 0.25) is 0 Å². The lowest BCUT2D eigenvalue weighted by Crippen LogP contribution is -2.27. The number of hydrogen-bond donors (Lipinski definition) is 0. The van der Waals surface area contributed by atoms with Crippen molar-refractivity contribution < 1.29 is 0 Å². The Morgan fingerprint density at radius 3 is 2.47 bits per heavy atom. The average Bonchev–Trinajstić information content (AvgIpc) is 2.64.